The van der Waals surface area contributed by atoms with Gasteiger partial charge in [0.15, 0.2) is 11.5 Å². The molecule has 1 amide bonds. The molecule has 0 fully saturated rings. The fourth-order valence-corrected chi connectivity index (χ4v) is 3.75. The van der Waals surface area contributed by atoms with Crippen molar-refractivity contribution < 1.29 is 14.3 Å². The molecule has 6 heteroatoms. The molecule has 3 N–H and O–H groups in total. The molecule has 2 atom stereocenters. The number of methoxy groups -OCH3 is 2. The molecule has 0 unspecified atom stereocenters. The van der Waals surface area contributed by atoms with E-state index in [1.54, 1.807) is 14.2 Å². The van der Waals surface area contributed by atoms with Crippen LogP contribution in [-0.4, -0.2) is 43.7 Å². The molecule has 6 nitrogen and oxygen atoms in total. The number of ether oxygens (including phenoxy) is 2. The molecule has 3 rings (SSSR count). The van der Waals surface area contributed by atoms with E-state index in [4.69, 9.17) is 9.47 Å². The molecule has 0 aliphatic rings. The summed E-state index contributed by atoms with van der Waals surface area (Å²) in [7, 11) is 3.29. The third kappa shape index (κ3) is 4.60. The van der Waals surface area contributed by atoms with Crippen LogP contribution in [0.2, 0.25) is 0 Å². The lowest BCUT2D eigenvalue weighted by atomic mass is 9.89. The monoisotopic (exact) mass is 409 g/mol. The van der Waals surface area contributed by atoms with E-state index in [1.165, 1.54) is 0 Å². The van der Waals surface area contributed by atoms with E-state index in [0.29, 0.717) is 18.0 Å². The first-order valence-corrected chi connectivity index (χ1v) is 10.3. The molecule has 0 bridgehead atoms. The predicted octanol–water partition coefficient (Wildman–Crippen LogP) is 3.82. The van der Waals surface area contributed by atoms with Crippen LogP contribution in [0.4, 0.5) is 0 Å². The van der Waals surface area contributed by atoms with Crippen molar-refractivity contribution in [2.45, 2.75) is 38.8 Å². The maximum Gasteiger partial charge on any atom is 0.237 e. The molecule has 0 aliphatic heterocycles. The highest BCUT2D eigenvalue weighted by Crippen LogP contribution is 2.40. The highest BCUT2D eigenvalue weighted by molar-refractivity contribution is 5.84. The van der Waals surface area contributed by atoms with Gasteiger partial charge in [0, 0.05) is 41.2 Å². The summed E-state index contributed by atoms with van der Waals surface area (Å²) in [6, 6.07) is 13.9. The van der Waals surface area contributed by atoms with Crippen molar-refractivity contribution in [3.63, 3.8) is 0 Å². The summed E-state index contributed by atoms with van der Waals surface area (Å²) in [5, 5.41) is 7.51. The molecule has 0 radical (unpaired) electrons. The Hall–Kier alpha value is -2.99. The average molecular weight is 410 g/mol. The summed E-state index contributed by atoms with van der Waals surface area (Å²) in [4.78, 5) is 15.8. The largest absolute Gasteiger partial charge is 0.493 e. The van der Waals surface area contributed by atoms with Crippen molar-refractivity contribution in [3.05, 3.63) is 59.8 Å². The van der Waals surface area contributed by atoms with E-state index in [0.717, 1.165) is 22.0 Å². The summed E-state index contributed by atoms with van der Waals surface area (Å²) in [5.41, 5.74) is 3.22. The summed E-state index contributed by atoms with van der Waals surface area (Å²) >= 11 is 0. The Bertz CT molecular complexity index is 996. The molecular formula is C24H31N3O3. The van der Waals surface area contributed by atoms with Crippen LogP contribution < -0.4 is 20.1 Å². The number of rotatable bonds is 9. The van der Waals surface area contributed by atoms with Gasteiger partial charge in [-0.1, -0.05) is 30.3 Å². The Morgan fingerprint density at radius 1 is 1.00 bits per heavy atom. The maximum atomic E-state index is 12.4. The fourth-order valence-electron chi connectivity index (χ4n) is 3.75. The van der Waals surface area contributed by atoms with Gasteiger partial charge in [0.1, 0.15) is 0 Å². The second-order valence-corrected chi connectivity index (χ2v) is 7.72. The minimum absolute atomic E-state index is 0.0136. The predicted molar refractivity (Wildman–Crippen MR) is 120 cm³/mol. The number of hydrogen-bond donors (Lipinski definition) is 3. The molecule has 1 aromatic heterocycles. The first-order valence-electron chi connectivity index (χ1n) is 10.3. The first-order chi connectivity index (χ1) is 14.5. The SMILES string of the molecule is COc1cccc([C@@H](CN[C@@H](C)C(=O)NC(C)C)c2c[nH]c3ccccc23)c1OC. The van der Waals surface area contributed by atoms with Gasteiger partial charge >= 0.3 is 0 Å². The van der Waals surface area contributed by atoms with Crippen LogP contribution in [0.25, 0.3) is 10.9 Å². The van der Waals surface area contributed by atoms with Crippen LogP contribution >= 0.6 is 0 Å². The highest BCUT2D eigenvalue weighted by atomic mass is 16.5. The van der Waals surface area contributed by atoms with Gasteiger partial charge in [-0.3, -0.25) is 4.79 Å². The molecule has 2 aromatic carbocycles. The molecule has 1 heterocycles. The Balaban J connectivity index is 1.99. The number of aromatic nitrogens is 1. The molecule has 3 aromatic rings. The van der Waals surface area contributed by atoms with E-state index in [1.807, 2.05) is 57.3 Å². The summed E-state index contributed by atoms with van der Waals surface area (Å²) < 4.78 is 11.2. The van der Waals surface area contributed by atoms with Crippen LogP contribution in [0.15, 0.2) is 48.7 Å². The smallest absolute Gasteiger partial charge is 0.237 e. The lowest BCUT2D eigenvalue weighted by Crippen LogP contribution is -2.45. The quantitative estimate of drug-likeness (QED) is 0.502. The Morgan fingerprint density at radius 3 is 2.47 bits per heavy atom. The number of amides is 1. The summed E-state index contributed by atoms with van der Waals surface area (Å²) in [5.74, 6) is 1.34. The summed E-state index contributed by atoms with van der Waals surface area (Å²) in [6.45, 7) is 6.37. The first kappa shape index (κ1) is 21.7. The number of aromatic amines is 1. The van der Waals surface area contributed by atoms with Crippen LogP contribution in [0.3, 0.4) is 0 Å². The van der Waals surface area contributed by atoms with Crippen LogP contribution in [0.5, 0.6) is 11.5 Å². The van der Waals surface area contributed by atoms with Crippen molar-refractivity contribution in [2.24, 2.45) is 0 Å². The lowest BCUT2D eigenvalue weighted by molar-refractivity contribution is -0.123. The van der Waals surface area contributed by atoms with Crippen molar-refractivity contribution >= 4 is 16.8 Å². The zero-order valence-electron chi connectivity index (χ0n) is 18.3. The topological polar surface area (TPSA) is 75.4 Å². The van der Waals surface area contributed by atoms with Crippen molar-refractivity contribution in [2.75, 3.05) is 20.8 Å². The lowest BCUT2D eigenvalue weighted by Gasteiger charge is -2.24. The van der Waals surface area contributed by atoms with Gasteiger partial charge in [0.2, 0.25) is 5.91 Å². The molecule has 0 spiro atoms. The number of hydrogen-bond acceptors (Lipinski definition) is 4. The number of H-pyrrole nitrogens is 1. The number of carbonyl (C=O) groups excluding carboxylic acids is 1. The number of para-hydroxylation sites is 2. The average Bonchev–Trinajstić information content (AvgIpc) is 3.17. The normalized spacial score (nSPS) is 13.3. The number of fused-ring (bicyclic) bond motifs is 1. The number of nitrogens with one attached hydrogen (secondary N) is 3. The summed E-state index contributed by atoms with van der Waals surface area (Å²) in [6.07, 6.45) is 2.04. The zero-order valence-corrected chi connectivity index (χ0v) is 18.3. The zero-order chi connectivity index (χ0) is 21.7. The highest BCUT2D eigenvalue weighted by Gasteiger charge is 2.25. The minimum Gasteiger partial charge on any atom is -0.493 e. The van der Waals surface area contributed by atoms with Crippen LogP contribution in [-0.2, 0) is 4.79 Å². The second kappa shape index (κ2) is 9.67. The number of benzene rings is 2. The third-order valence-corrected chi connectivity index (χ3v) is 5.26. The molecule has 160 valence electrons. The minimum atomic E-state index is -0.322. The molecule has 0 aliphatic carbocycles. The molecule has 30 heavy (non-hydrogen) atoms. The maximum absolute atomic E-state index is 12.4. The van der Waals surface area contributed by atoms with E-state index in [2.05, 4.69) is 27.8 Å². The number of carbonyl (C=O) groups is 1. The molecule has 0 saturated carbocycles. The van der Waals surface area contributed by atoms with E-state index in [9.17, 15) is 4.79 Å². The van der Waals surface area contributed by atoms with Crippen LogP contribution in [0, 0.1) is 0 Å². The Labute approximate surface area is 178 Å². The molecule has 0 saturated heterocycles. The van der Waals surface area contributed by atoms with Crippen molar-refractivity contribution in [3.8, 4) is 11.5 Å². The van der Waals surface area contributed by atoms with Gasteiger partial charge in [0.05, 0.1) is 20.3 Å². The van der Waals surface area contributed by atoms with Gasteiger partial charge < -0.3 is 25.1 Å². The third-order valence-electron chi connectivity index (χ3n) is 5.26. The van der Waals surface area contributed by atoms with E-state index in [-0.39, 0.29) is 23.9 Å². The van der Waals surface area contributed by atoms with Gasteiger partial charge in [-0.05, 0) is 38.5 Å². The van der Waals surface area contributed by atoms with Gasteiger partial charge in [-0.15, -0.1) is 0 Å². The van der Waals surface area contributed by atoms with E-state index < -0.39 is 0 Å². The second-order valence-electron chi connectivity index (χ2n) is 7.72. The van der Waals surface area contributed by atoms with Crippen molar-refractivity contribution in [1.82, 2.24) is 15.6 Å². The van der Waals surface area contributed by atoms with E-state index >= 15 is 0 Å². The Morgan fingerprint density at radius 2 is 1.77 bits per heavy atom. The van der Waals surface area contributed by atoms with Crippen LogP contribution in [0.1, 0.15) is 37.8 Å². The van der Waals surface area contributed by atoms with Gasteiger partial charge in [0.25, 0.3) is 0 Å². The Kier molecular flexibility index (Phi) is 7.00. The standard InChI is InChI=1S/C24H31N3O3/c1-15(2)27-24(28)16(3)25-13-20(18-10-8-12-22(29-4)23(18)30-5)19-14-26-21-11-7-6-9-17(19)21/h6-12,14-16,20,25-26H,13H2,1-5H3,(H,27,28)/t16-,20+/m0/s1. The fraction of sp³-hybridized carbons (Fsp3) is 0.375. The van der Waals surface area contributed by atoms with Gasteiger partial charge in [-0.25, -0.2) is 0 Å². The molecular weight excluding hydrogens is 378 g/mol. The van der Waals surface area contributed by atoms with Gasteiger partial charge in [-0.2, -0.15) is 0 Å². The van der Waals surface area contributed by atoms with Crippen molar-refractivity contribution in [1.29, 1.82) is 0 Å².